The van der Waals surface area contributed by atoms with E-state index >= 15 is 0 Å². The van der Waals surface area contributed by atoms with E-state index in [0.717, 1.165) is 32.0 Å². The van der Waals surface area contributed by atoms with Crippen LogP contribution in [0.25, 0.3) is 11.4 Å². The summed E-state index contributed by atoms with van der Waals surface area (Å²) >= 11 is 1.25. The Morgan fingerprint density at radius 2 is 1.89 bits per heavy atom. The number of hydrogen-bond acceptors (Lipinski definition) is 7. The molecular weight excluding hydrogens is 503 g/mol. The number of aromatic nitrogens is 2. The van der Waals surface area contributed by atoms with E-state index < -0.39 is 11.7 Å². The van der Waals surface area contributed by atoms with Gasteiger partial charge in [-0.15, -0.1) is 11.3 Å². The van der Waals surface area contributed by atoms with E-state index in [2.05, 4.69) is 20.2 Å². The van der Waals surface area contributed by atoms with Crippen molar-refractivity contribution in [3.05, 3.63) is 53.0 Å². The summed E-state index contributed by atoms with van der Waals surface area (Å²) in [6, 6.07) is 7.37. The van der Waals surface area contributed by atoms with E-state index in [0.29, 0.717) is 41.6 Å². The second kappa shape index (κ2) is 11.9. The maximum atomic E-state index is 13.6. The van der Waals surface area contributed by atoms with Crippen molar-refractivity contribution in [1.82, 2.24) is 19.8 Å². The molecule has 1 aliphatic heterocycles. The third-order valence-electron chi connectivity index (χ3n) is 6.11. The molecule has 198 valence electrons. The van der Waals surface area contributed by atoms with Crippen molar-refractivity contribution in [2.24, 2.45) is 0 Å². The second-order valence-corrected chi connectivity index (χ2v) is 9.81. The predicted molar refractivity (Wildman–Crippen MR) is 138 cm³/mol. The Morgan fingerprint density at radius 1 is 1.11 bits per heavy atom. The van der Waals surface area contributed by atoms with Crippen LogP contribution in [0, 0.1) is 0 Å². The van der Waals surface area contributed by atoms with Crippen LogP contribution in [0.5, 0.6) is 5.75 Å². The molecule has 1 aliphatic rings. The highest BCUT2D eigenvalue weighted by atomic mass is 32.1. The van der Waals surface area contributed by atoms with Gasteiger partial charge in [0.15, 0.2) is 5.13 Å². The number of anilines is 2. The molecule has 0 atom stereocenters. The third-order valence-corrected chi connectivity index (χ3v) is 6.87. The van der Waals surface area contributed by atoms with Crippen molar-refractivity contribution in [1.29, 1.82) is 0 Å². The summed E-state index contributed by atoms with van der Waals surface area (Å²) in [5.74, 6) is -0.226. The van der Waals surface area contributed by atoms with Crippen LogP contribution in [0.4, 0.5) is 24.0 Å². The molecule has 4 rings (SSSR count). The van der Waals surface area contributed by atoms with Crippen LogP contribution in [0.3, 0.4) is 0 Å². The van der Waals surface area contributed by atoms with E-state index in [1.165, 1.54) is 23.6 Å². The monoisotopic (exact) mass is 533 g/mol. The fourth-order valence-corrected chi connectivity index (χ4v) is 4.65. The van der Waals surface area contributed by atoms with Crippen molar-refractivity contribution in [2.75, 3.05) is 45.2 Å². The molecule has 0 unspecified atom stereocenters. The van der Waals surface area contributed by atoms with Gasteiger partial charge in [0.05, 0.1) is 23.4 Å². The number of thiazole rings is 1. The molecule has 0 radical (unpaired) electrons. The number of benzene rings is 1. The van der Waals surface area contributed by atoms with Gasteiger partial charge in [0.2, 0.25) is 0 Å². The molecule has 3 heterocycles. The number of carbonyl (C=O) groups excluding carboxylic acids is 1. The predicted octanol–water partition coefficient (Wildman–Crippen LogP) is 5.92. The Balaban J connectivity index is 1.42. The Labute approximate surface area is 218 Å². The summed E-state index contributed by atoms with van der Waals surface area (Å²) in [5, 5.41) is 5.14. The lowest BCUT2D eigenvalue weighted by Gasteiger charge is -2.32. The number of pyridine rings is 1. The summed E-state index contributed by atoms with van der Waals surface area (Å²) in [7, 11) is 2.03. The maximum absolute atomic E-state index is 13.6. The van der Waals surface area contributed by atoms with Gasteiger partial charge in [-0.3, -0.25) is 9.78 Å². The Morgan fingerprint density at radius 3 is 2.57 bits per heavy atom. The summed E-state index contributed by atoms with van der Waals surface area (Å²) in [6.45, 7) is 5.30. The van der Waals surface area contributed by atoms with Gasteiger partial charge in [-0.05, 0) is 43.8 Å². The molecule has 0 bridgehead atoms. The number of rotatable bonds is 9. The van der Waals surface area contributed by atoms with Crippen molar-refractivity contribution >= 4 is 28.1 Å². The lowest BCUT2D eigenvalue weighted by Crippen LogP contribution is -2.47. The number of hydrogen-bond donors (Lipinski definition) is 1. The van der Waals surface area contributed by atoms with Gasteiger partial charge in [-0.2, -0.15) is 13.2 Å². The molecule has 1 fully saturated rings. The summed E-state index contributed by atoms with van der Waals surface area (Å²) in [4.78, 5) is 25.6. The molecule has 1 aromatic carbocycles. The molecule has 0 saturated carbocycles. The van der Waals surface area contributed by atoms with E-state index in [1.54, 1.807) is 23.6 Å². The van der Waals surface area contributed by atoms with Gasteiger partial charge in [-0.25, -0.2) is 4.98 Å². The molecule has 37 heavy (non-hydrogen) atoms. The lowest BCUT2D eigenvalue weighted by atomic mass is 10.1. The minimum atomic E-state index is -4.54. The molecule has 1 N–H and O–H groups in total. The zero-order valence-electron chi connectivity index (χ0n) is 20.8. The van der Waals surface area contributed by atoms with Crippen molar-refractivity contribution in [2.45, 2.75) is 32.4 Å². The minimum absolute atomic E-state index is 0.0500. The Kier molecular flexibility index (Phi) is 8.65. The molecule has 3 aromatic rings. The number of alkyl halides is 3. The average molecular weight is 534 g/mol. The molecule has 2 aromatic heterocycles. The van der Waals surface area contributed by atoms with E-state index in [4.69, 9.17) is 4.74 Å². The molecule has 0 aliphatic carbocycles. The summed E-state index contributed by atoms with van der Waals surface area (Å²) in [5.41, 5.74) is 1.09. The van der Waals surface area contributed by atoms with Crippen LogP contribution in [0.15, 0.2) is 41.9 Å². The number of amides is 1. The van der Waals surface area contributed by atoms with E-state index in [9.17, 15) is 18.0 Å². The van der Waals surface area contributed by atoms with E-state index in [1.807, 2.05) is 18.9 Å². The van der Waals surface area contributed by atoms with Crippen LogP contribution in [-0.4, -0.2) is 65.5 Å². The quantitative estimate of drug-likeness (QED) is 0.344. The minimum Gasteiger partial charge on any atom is -0.493 e. The number of piperazine rings is 1. The summed E-state index contributed by atoms with van der Waals surface area (Å²) in [6.07, 6.45) is -0.439. The van der Waals surface area contributed by atoms with Crippen LogP contribution in [0.1, 0.15) is 42.1 Å². The zero-order valence-corrected chi connectivity index (χ0v) is 21.7. The summed E-state index contributed by atoms with van der Waals surface area (Å²) < 4.78 is 46.3. The molecular formula is C26H30F3N5O2S. The van der Waals surface area contributed by atoms with Gasteiger partial charge in [0.25, 0.3) is 5.91 Å². The number of likely N-dealkylation sites (N-methyl/N-ethyl adjacent to an activating group) is 1. The highest BCUT2D eigenvalue weighted by Gasteiger charge is 2.35. The van der Waals surface area contributed by atoms with Gasteiger partial charge < -0.3 is 19.9 Å². The van der Waals surface area contributed by atoms with Gasteiger partial charge in [0.1, 0.15) is 11.4 Å². The number of carbonyl (C=O) groups is 1. The van der Waals surface area contributed by atoms with Crippen LogP contribution in [-0.2, 0) is 6.18 Å². The molecule has 0 spiro atoms. The zero-order chi connectivity index (χ0) is 26.4. The highest BCUT2D eigenvalue weighted by Crippen LogP contribution is 2.39. The maximum Gasteiger partial charge on any atom is 0.420 e. The first kappa shape index (κ1) is 26.9. The number of nitrogens with zero attached hydrogens (tertiary/aromatic N) is 4. The van der Waals surface area contributed by atoms with Crippen LogP contribution < -0.4 is 10.1 Å². The standard InChI is InChI=1S/C26H30F3N5O2S/c1-3-4-5-14-36-23-9-7-19(15-20(23)26(27,28)29)31-25-32-22(17-37-25)21-8-6-18(16-30-21)24(35)34-12-10-33(2)11-13-34/h6-9,15-17H,3-5,10-14H2,1-2H3,(H,31,32). The number of ether oxygens (including phenoxy) is 1. The first-order valence-corrected chi connectivity index (χ1v) is 13.1. The highest BCUT2D eigenvalue weighted by molar-refractivity contribution is 7.14. The van der Waals surface area contributed by atoms with Crippen LogP contribution in [0.2, 0.25) is 0 Å². The Bertz CT molecular complexity index is 1190. The largest absolute Gasteiger partial charge is 0.493 e. The lowest BCUT2D eigenvalue weighted by molar-refractivity contribution is -0.138. The molecule has 1 amide bonds. The van der Waals surface area contributed by atoms with Gasteiger partial charge in [0, 0.05) is 43.4 Å². The number of nitrogens with one attached hydrogen (secondary N) is 1. The first-order valence-electron chi connectivity index (χ1n) is 12.3. The topological polar surface area (TPSA) is 70.6 Å². The fourth-order valence-electron chi connectivity index (χ4n) is 3.93. The van der Waals surface area contributed by atoms with Gasteiger partial charge in [-0.1, -0.05) is 19.8 Å². The molecule has 1 saturated heterocycles. The normalized spacial score (nSPS) is 14.6. The third kappa shape index (κ3) is 6.98. The SMILES string of the molecule is CCCCCOc1ccc(Nc2nc(-c3ccc(C(=O)N4CCN(C)CC4)cn3)cs2)cc1C(F)(F)F. The molecule has 11 heteroatoms. The fraction of sp³-hybridized carbons (Fsp3) is 0.423. The van der Waals surface area contributed by atoms with Crippen molar-refractivity contribution < 1.29 is 22.7 Å². The van der Waals surface area contributed by atoms with Gasteiger partial charge >= 0.3 is 6.18 Å². The van der Waals surface area contributed by atoms with E-state index in [-0.39, 0.29) is 24.0 Å². The second-order valence-electron chi connectivity index (χ2n) is 8.95. The molecule has 7 nitrogen and oxygen atoms in total. The first-order chi connectivity index (χ1) is 17.7. The van der Waals surface area contributed by atoms with Crippen molar-refractivity contribution in [3.63, 3.8) is 0 Å². The Hall–Kier alpha value is -3.18. The van der Waals surface area contributed by atoms with Crippen LogP contribution >= 0.6 is 11.3 Å². The number of unbranched alkanes of at least 4 members (excludes halogenated alkanes) is 2. The smallest absolute Gasteiger partial charge is 0.420 e. The number of halogens is 3. The average Bonchev–Trinajstić information content (AvgIpc) is 3.35. The van der Waals surface area contributed by atoms with Crippen molar-refractivity contribution in [3.8, 4) is 17.1 Å².